The summed E-state index contributed by atoms with van der Waals surface area (Å²) in [6, 6.07) is 4.84. The van der Waals surface area contributed by atoms with Crippen LogP contribution in [0.3, 0.4) is 0 Å². The number of hydrogen-bond acceptors (Lipinski definition) is 3. The molecule has 0 aromatic heterocycles. The average Bonchev–Trinajstić information content (AvgIpc) is 2.42. The molecule has 19 heavy (non-hydrogen) atoms. The lowest BCUT2D eigenvalue weighted by atomic mass is 10.2. The summed E-state index contributed by atoms with van der Waals surface area (Å²) < 4.78 is 10.8. The molecule has 104 valence electrons. The SMILES string of the molecule is CN(CC1COCCO1)C(=O)c1ccc(Cl)c(Cl)c1. The molecule has 1 aromatic carbocycles. The average molecular weight is 304 g/mol. The van der Waals surface area contributed by atoms with Gasteiger partial charge in [-0.3, -0.25) is 4.79 Å². The van der Waals surface area contributed by atoms with Crippen molar-refractivity contribution >= 4 is 29.1 Å². The highest BCUT2D eigenvalue weighted by molar-refractivity contribution is 6.42. The van der Waals surface area contributed by atoms with Gasteiger partial charge in [-0.05, 0) is 18.2 Å². The fraction of sp³-hybridized carbons (Fsp3) is 0.462. The lowest BCUT2D eigenvalue weighted by Gasteiger charge is -2.27. The zero-order valence-corrected chi connectivity index (χ0v) is 12.1. The molecule has 6 heteroatoms. The van der Waals surface area contributed by atoms with Gasteiger partial charge in [0.15, 0.2) is 0 Å². The minimum absolute atomic E-state index is 0.0783. The lowest BCUT2D eigenvalue weighted by Crippen LogP contribution is -2.40. The van der Waals surface area contributed by atoms with Crippen molar-refractivity contribution in [3.05, 3.63) is 33.8 Å². The van der Waals surface area contributed by atoms with Gasteiger partial charge in [0.1, 0.15) is 0 Å². The maximum Gasteiger partial charge on any atom is 0.253 e. The molecule has 0 bridgehead atoms. The Kier molecular flexibility index (Phi) is 5.05. The largest absolute Gasteiger partial charge is 0.376 e. The molecular formula is C13H15Cl2NO3. The van der Waals surface area contributed by atoms with Crippen LogP contribution in [0.5, 0.6) is 0 Å². The van der Waals surface area contributed by atoms with E-state index in [2.05, 4.69) is 0 Å². The van der Waals surface area contributed by atoms with E-state index in [1.807, 2.05) is 0 Å². The third-order valence-corrected chi connectivity index (χ3v) is 3.61. The van der Waals surface area contributed by atoms with Crippen molar-refractivity contribution in [3.8, 4) is 0 Å². The number of ether oxygens (including phenoxy) is 2. The minimum Gasteiger partial charge on any atom is -0.376 e. The second kappa shape index (κ2) is 6.57. The summed E-state index contributed by atoms with van der Waals surface area (Å²) >= 11 is 11.7. The molecule has 1 atom stereocenters. The highest BCUT2D eigenvalue weighted by Crippen LogP contribution is 2.23. The fourth-order valence-electron chi connectivity index (χ4n) is 1.88. The Labute approximate surface area is 122 Å². The minimum atomic E-state index is -0.118. The van der Waals surface area contributed by atoms with Gasteiger partial charge in [0.2, 0.25) is 0 Å². The number of amides is 1. The fourth-order valence-corrected chi connectivity index (χ4v) is 2.18. The summed E-state index contributed by atoms with van der Waals surface area (Å²) in [5.41, 5.74) is 0.508. The van der Waals surface area contributed by atoms with E-state index < -0.39 is 0 Å². The second-order valence-corrected chi connectivity index (χ2v) is 5.20. The van der Waals surface area contributed by atoms with E-state index in [4.69, 9.17) is 32.7 Å². The molecule has 0 N–H and O–H groups in total. The van der Waals surface area contributed by atoms with Crippen molar-refractivity contribution in [1.82, 2.24) is 4.90 Å². The molecule has 2 rings (SSSR count). The number of benzene rings is 1. The predicted molar refractivity (Wildman–Crippen MR) is 74.0 cm³/mol. The normalized spacial score (nSPS) is 19.2. The second-order valence-electron chi connectivity index (χ2n) is 4.38. The number of likely N-dealkylation sites (N-methyl/N-ethyl adjacent to an activating group) is 1. The number of carbonyl (C=O) groups is 1. The molecule has 0 aliphatic carbocycles. The van der Waals surface area contributed by atoms with Crippen LogP contribution in [-0.2, 0) is 9.47 Å². The van der Waals surface area contributed by atoms with Gasteiger partial charge < -0.3 is 14.4 Å². The van der Waals surface area contributed by atoms with Crippen molar-refractivity contribution in [2.24, 2.45) is 0 Å². The topological polar surface area (TPSA) is 38.8 Å². The van der Waals surface area contributed by atoms with Crippen molar-refractivity contribution in [3.63, 3.8) is 0 Å². The first kappa shape index (κ1) is 14.6. The molecule has 4 nitrogen and oxygen atoms in total. The van der Waals surface area contributed by atoms with Crippen LogP contribution in [0.15, 0.2) is 18.2 Å². The Morgan fingerprint density at radius 3 is 2.79 bits per heavy atom. The van der Waals surface area contributed by atoms with Crippen molar-refractivity contribution in [1.29, 1.82) is 0 Å². The zero-order chi connectivity index (χ0) is 13.8. The first-order chi connectivity index (χ1) is 9.08. The van der Waals surface area contributed by atoms with E-state index in [1.165, 1.54) is 0 Å². The summed E-state index contributed by atoms with van der Waals surface area (Å²) in [7, 11) is 1.73. The molecule has 1 saturated heterocycles. The summed E-state index contributed by atoms with van der Waals surface area (Å²) in [5, 5.41) is 0.808. The van der Waals surface area contributed by atoms with E-state index >= 15 is 0 Å². The first-order valence-electron chi connectivity index (χ1n) is 5.98. The molecule has 0 spiro atoms. The monoisotopic (exact) mass is 303 g/mol. The van der Waals surface area contributed by atoms with Crippen LogP contribution < -0.4 is 0 Å². The Hall–Kier alpha value is -0.810. The molecule has 1 aromatic rings. The number of carbonyl (C=O) groups excluding carboxylic acids is 1. The van der Waals surface area contributed by atoms with Crippen LogP contribution in [0.1, 0.15) is 10.4 Å². The van der Waals surface area contributed by atoms with E-state index in [0.717, 1.165) is 0 Å². The van der Waals surface area contributed by atoms with Gasteiger partial charge in [-0.15, -0.1) is 0 Å². The van der Waals surface area contributed by atoms with Gasteiger partial charge in [-0.25, -0.2) is 0 Å². The summed E-state index contributed by atoms with van der Waals surface area (Å²) in [5.74, 6) is -0.118. The quantitative estimate of drug-likeness (QED) is 0.861. The molecule has 1 fully saturated rings. The molecule has 0 radical (unpaired) electrons. The number of halogens is 2. The van der Waals surface area contributed by atoms with E-state index in [9.17, 15) is 4.79 Å². The zero-order valence-electron chi connectivity index (χ0n) is 10.6. The Balaban J connectivity index is 1.99. The predicted octanol–water partition coefficient (Wildman–Crippen LogP) is 2.48. The van der Waals surface area contributed by atoms with Crippen LogP contribution in [0.4, 0.5) is 0 Å². The summed E-state index contributed by atoms with van der Waals surface area (Å²) in [6.45, 7) is 2.18. The number of rotatable bonds is 3. The van der Waals surface area contributed by atoms with Gasteiger partial charge in [0.25, 0.3) is 5.91 Å². The highest BCUT2D eigenvalue weighted by Gasteiger charge is 2.20. The van der Waals surface area contributed by atoms with Crippen LogP contribution in [0, 0.1) is 0 Å². The maximum absolute atomic E-state index is 12.2. The third kappa shape index (κ3) is 3.83. The van der Waals surface area contributed by atoms with Crippen LogP contribution in [0.25, 0.3) is 0 Å². The molecule has 1 amide bonds. The van der Waals surface area contributed by atoms with Crippen LogP contribution in [-0.4, -0.2) is 50.3 Å². The van der Waals surface area contributed by atoms with E-state index in [-0.39, 0.29) is 12.0 Å². The number of hydrogen-bond donors (Lipinski definition) is 0. The van der Waals surface area contributed by atoms with Gasteiger partial charge >= 0.3 is 0 Å². The van der Waals surface area contributed by atoms with Gasteiger partial charge in [-0.1, -0.05) is 23.2 Å². The van der Waals surface area contributed by atoms with Crippen LogP contribution >= 0.6 is 23.2 Å². The summed E-state index contributed by atoms with van der Waals surface area (Å²) in [6.07, 6.45) is -0.0783. The molecular weight excluding hydrogens is 289 g/mol. The van der Waals surface area contributed by atoms with Crippen molar-refractivity contribution in [2.75, 3.05) is 33.4 Å². The Bertz CT molecular complexity index is 461. The smallest absolute Gasteiger partial charge is 0.253 e. The molecule has 1 unspecified atom stereocenters. The molecule has 1 aliphatic heterocycles. The first-order valence-corrected chi connectivity index (χ1v) is 6.73. The highest BCUT2D eigenvalue weighted by atomic mass is 35.5. The third-order valence-electron chi connectivity index (χ3n) is 2.88. The van der Waals surface area contributed by atoms with E-state index in [1.54, 1.807) is 30.1 Å². The molecule has 1 heterocycles. The van der Waals surface area contributed by atoms with E-state index in [0.29, 0.717) is 42.0 Å². The lowest BCUT2D eigenvalue weighted by molar-refractivity contribution is -0.0933. The Morgan fingerprint density at radius 2 is 2.16 bits per heavy atom. The van der Waals surface area contributed by atoms with Gasteiger partial charge in [0.05, 0.1) is 36.0 Å². The van der Waals surface area contributed by atoms with Crippen molar-refractivity contribution < 1.29 is 14.3 Å². The van der Waals surface area contributed by atoms with Gasteiger partial charge in [-0.2, -0.15) is 0 Å². The standard InChI is InChI=1S/C13H15Cl2NO3/c1-16(7-10-8-18-4-5-19-10)13(17)9-2-3-11(14)12(15)6-9/h2-3,6,10H,4-5,7-8H2,1H3. The molecule has 0 saturated carbocycles. The number of nitrogens with zero attached hydrogens (tertiary/aromatic N) is 1. The van der Waals surface area contributed by atoms with Crippen molar-refractivity contribution in [2.45, 2.75) is 6.10 Å². The van der Waals surface area contributed by atoms with Gasteiger partial charge in [0, 0.05) is 19.2 Å². The summed E-state index contributed by atoms with van der Waals surface area (Å²) in [4.78, 5) is 13.8. The van der Waals surface area contributed by atoms with Crippen LogP contribution in [0.2, 0.25) is 10.0 Å². The molecule has 1 aliphatic rings. The maximum atomic E-state index is 12.2. The Morgan fingerprint density at radius 1 is 1.37 bits per heavy atom.